The molecule has 2 rings (SSSR count). The van der Waals surface area contributed by atoms with E-state index in [-0.39, 0.29) is 12.1 Å². The van der Waals surface area contributed by atoms with Crippen LogP contribution < -0.4 is 10.1 Å². The van der Waals surface area contributed by atoms with Gasteiger partial charge in [-0.05, 0) is 62.8 Å². The van der Waals surface area contributed by atoms with Gasteiger partial charge in [0.15, 0.2) is 0 Å². The summed E-state index contributed by atoms with van der Waals surface area (Å²) < 4.78 is 6.05. The Kier molecular flexibility index (Phi) is 5.06. The van der Waals surface area contributed by atoms with Crippen molar-refractivity contribution in [2.24, 2.45) is 5.92 Å². The highest BCUT2D eigenvalue weighted by molar-refractivity contribution is 5.36. The minimum Gasteiger partial charge on any atom is -0.491 e. The summed E-state index contributed by atoms with van der Waals surface area (Å²) in [4.78, 5) is 0. The molecule has 3 nitrogen and oxygen atoms in total. The molecule has 1 aliphatic carbocycles. The van der Waals surface area contributed by atoms with E-state index in [0.717, 1.165) is 24.3 Å². The van der Waals surface area contributed by atoms with Crippen LogP contribution in [-0.4, -0.2) is 30.4 Å². The van der Waals surface area contributed by atoms with E-state index in [1.54, 1.807) is 0 Å². The van der Waals surface area contributed by atoms with Gasteiger partial charge in [-0.2, -0.15) is 0 Å². The number of aryl methyl sites for hydroxylation is 2. The van der Waals surface area contributed by atoms with Gasteiger partial charge in [-0.1, -0.05) is 19.1 Å². The second kappa shape index (κ2) is 6.59. The summed E-state index contributed by atoms with van der Waals surface area (Å²) in [5.41, 5.74) is 2.08. The molecule has 0 aliphatic heterocycles. The van der Waals surface area contributed by atoms with E-state index in [4.69, 9.17) is 4.74 Å². The Balaban J connectivity index is 2.06. The second-order valence-corrected chi connectivity index (χ2v) is 6.07. The number of nitrogens with one attached hydrogen (secondary N) is 1. The molecular weight excluding hydrogens is 250 g/mol. The van der Waals surface area contributed by atoms with Gasteiger partial charge in [0.1, 0.15) is 12.4 Å². The Morgan fingerprint density at radius 2 is 2.10 bits per heavy atom. The SMILES string of the molecule is CCCNC(CO)(COc1cc(C)ccc1C)C1CC1. The lowest BCUT2D eigenvalue weighted by atomic mass is 9.95. The molecule has 1 aromatic carbocycles. The Morgan fingerprint density at radius 3 is 2.70 bits per heavy atom. The van der Waals surface area contributed by atoms with Crippen molar-refractivity contribution in [3.63, 3.8) is 0 Å². The van der Waals surface area contributed by atoms with Gasteiger partial charge < -0.3 is 15.2 Å². The molecule has 20 heavy (non-hydrogen) atoms. The maximum atomic E-state index is 9.87. The van der Waals surface area contributed by atoms with Crippen molar-refractivity contribution in [1.82, 2.24) is 5.32 Å². The molecular formula is C17H27NO2. The monoisotopic (exact) mass is 277 g/mol. The first-order chi connectivity index (χ1) is 9.61. The molecule has 0 bridgehead atoms. The standard InChI is InChI=1S/C17H27NO2/c1-4-9-18-17(11-19,15-7-8-15)12-20-16-10-13(2)5-6-14(16)3/h5-6,10,15,18-19H,4,7-9,11-12H2,1-3H3. The highest BCUT2D eigenvalue weighted by atomic mass is 16.5. The van der Waals surface area contributed by atoms with E-state index in [2.05, 4.69) is 44.3 Å². The number of rotatable bonds is 8. The van der Waals surface area contributed by atoms with Crippen LogP contribution in [0.3, 0.4) is 0 Å². The molecule has 0 spiro atoms. The number of aliphatic hydroxyl groups is 1. The van der Waals surface area contributed by atoms with Gasteiger partial charge in [-0.25, -0.2) is 0 Å². The zero-order valence-corrected chi connectivity index (χ0v) is 12.9. The number of hydrogen-bond acceptors (Lipinski definition) is 3. The van der Waals surface area contributed by atoms with Gasteiger partial charge in [-0.3, -0.25) is 0 Å². The summed E-state index contributed by atoms with van der Waals surface area (Å²) in [5.74, 6) is 1.48. The van der Waals surface area contributed by atoms with Crippen LogP contribution in [0.25, 0.3) is 0 Å². The lowest BCUT2D eigenvalue weighted by Crippen LogP contribution is -2.55. The maximum absolute atomic E-state index is 9.87. The van der Waals surface area contributed by atoms with Crippen molar-refractivity contribution < 1.29 is 9.84 Å². The fraction of sp³-hybridized carbons (Fsp3) is 0.647. The lowest BCUT2D eigenvalue weighted by Gasteiger charge is -2.33. The van der Waals surface area contributed by atoms with Crippen molar-refractivity contribution in [3.8, 4) is 5.75 Å². The van der Waals surface area contributed by atoms with Crippen LogP contribution in [0.4, 0.5) is 0 Å². The summed E-state index contributed by atoms with van der Waals surface area (Å²) in [7, 11) is 0. The molecule has 1 saturated carbocycles. The van der Waals surface area contributed by atoms with Crippen LogP contribution in [0.1, 0.15) is 37.3 Å². The summed E-state index contributed by atoms with van der Waals surface area (Å²) in [6.45, 7) is 7.88. The van der Waals surface area contributed by atoms with Gasteiger partial charge in [0.05, 0.1) is 12.1 Å². The minimum atomic E-state index is -0.272. The molecule has 112 valence electrons. The summed E-state index contributed by atoms with van der Waals surface area (Å²) >= 11 is 0. The largest absolute Gasteiger partial charge is 0.491 e. The first-order valence-electron chi connectivity index (χ1n) is 7.67. The smallest absolute Gasteiger partial charge is 0.122 e. The third-order valence-corrected chi connectivity index (χ3v) is 4.20. The summed E-state index contributed by atoms with van der Waals surface area (Å²) in [5, 5.41) is 13.4. The number of benzene rings is 1. The molecule has 2 N–H and O–H groups in total. The van der Waals surface area contributed by atoms with Crippen molar-refractivity contribution >= 4 is 0 Å². The molecule has 1 atom stereocenters. The van der Waals surface area contributed by atoms with E-state index < -0.39 is 0 Å². The van der Waals surface area contributed by atoms with Crippen molar-refractivity contribution in [1.29, 1.82) is 0 Å². The van der Waals surface area contributed by atoms with Gasteiger partial charge in [0.25, 0.3) is 0 Å². The number of hydrogen-bond donors (Lipinski definition) is 2. The average molecular weight is 277 g/mol. The van der Waals surface area contributed by atoms with Crippen LogP contribution in [0.5, 0.6) is 5.75 Å². The first kappa shape index (κ1) is 15.3. The normalized spacial score (nSPS) is 17.8. The third kappa shape index (κ3) is 3.53. The summed E-state index contributed by atoms with van der Waals surface area (Å²) in [6.07, 6.45) is 3.44. The topological polar surface area (TPSA) is 41.5 Å². The van der Waals surface area contributed by atoms with E-state index in [1.165, 1.54) is 18.4 Å². The molecule has 1 fully saturated rings. The second-order valence-electron chi connectivity index (χ2n) is 6.07. The zero-order chi connectivity index (χ0) is 14.6. The molecule has 0 aromatic heterocycles. The van der Waals surface area contributed by atoms with Crippen LogP contribution in [0, 0.1) is 19.8 Å². The molecule has 1 aliphatic rings. The predicted octanol–water partition coefficient (Wildman–Crippen LogP) is 2.82. The lowest BCUT2D eigenvalue weighted by molar-refractivity contribution is 0.0847. The minimum absolute atomic E-state index is 0.141. The van der Waals surface area contributed by atoms with Crippen LogP contribution >= 0.6 is 0 Å². The maximum Gasteiger partial charge on any atom is 0.122 e. The van der Waals surface area contributed by atoms with E-state index >= 15 is 0 Å². The Morgan fingerprint density at radius 1 is 1.35 bits per heavy atom. The van der Waals surface area contributed by atoms with Gasteiger partial charge in [-0.15, -0.1) is 0 Å². The number of ether oxygens (including phenoxy) is 1. The van der Waals surface area contributed by atoms with Crippen LogP contribution in [-0.2, 0) is 0 Å². The molecule has 1 unspecified atom stereocenters. The quantitative estimate of drug-likeness (QED) is 0.768. The van der Waals surface area contributed by atoms with E-state index in [0.29, 0.717) is 12.5 Å². The molecule has 3 heteroatoms. The van der Waals surface area contributed by atoms with E-state index in [9.17, 15) is 5.11 Å². The molecule has 1 aromatic rings. The fourth-order valence-electron chi connectivity index (χ4n) is 2.62. The highest BCUT2D eigenvalue weighted by Crippen LogP contribution is 2.40. The van der Waals surface area contributed by atoms with E-state index in [1.807, 2.05) is 0 Å². The Bertz CT molecular complexity index is 443. The Labute approximate surface area is 122 Å². The zero-order valence-electron chi connectivity index (χ0n) is 12.9. The van der Waals surface area contributed by atoms with Crippen molar-refractivity contribution in [3.05, 3.63) is 29.3 Å². The third-order valence-electron chi connectivity index (χ3n) is 4.20. The molecule has 0 heterocycles. The van der Waals surface area contributed by atoms with Crippen molar-refractivity contribution in [2.75, 3.05) is 19.8 Å². The Hall–Kier alpha value is -1.06. The van der Waals surface area contributed by atoms with Crippen LogP contribution in [0.15, 0.2) is 18.2 Å². The van der Waals surface area contributed by atoms with Gasteiger partial charge >= 0.3 is 0 Å². The summed E-state index contributed by atoms with van der Waals surface area (Å²) in [6, 6.07) is 6.25. The van der Waals surface area contributed by atoms with Gasteiger partial charge in [0, 0.05) is 0 Å². The average Bonchev–Trinajstić information content (AvgIpc) is 3.28. The fourth-order valence-corrected chi connectivity index (χ4v) is 2.62. The predicted molar refractivity (Wildman–Crippen MR) is 82.2 cm³/mol. The first-order valence-corrected chi connectivity index (χ1v) is 7.67. The number of aliphatic hydroxyl groups excluding tert-OH is 1. The van der Waals surface area contributed by atoms with Crippen molar-refractivity contribution in [2.45, 2.75) is 45.6 Å². The molecule has 0 saturated heterocycles. The van der Waals surface area contributed by atoms with Gasteiger partial charge in [0.2, 0.25) is 0 Å². The molecule has 0 amide bonds. The van der Waals surface area contributed by atoms with Crippen LogP contribution in [0.2, 0.25) is 0 Å². The molecule has 0 radical (unpaired) electrons. The highest BCUT2D eigenvalue weighted by Gasteiger charge is 2.45.